The summed E-state index contributed by atoms with van der Waals surface area (Å²) >= 11 is 2.29. The molecule has 3 heteroatoms. The third-order valence-corrected chi connectivity index (χ3v) is 4.28. The zero-order chi connectivity index (χ0) is 13.4. The standard InChI is InChI=1S/C16H12INO/c1-18-15-9-5-3-7-12(15)13(16(18)19)10-11-6-2-4-8-14(11)17/h2-10H,1H3. The molecule has 2 aromatic rings. The van der Waals surface area contributed by atoms with Gasteiger partial charge in [-0.25, -0.2) is 0 Å². The lowest BCUT2D eigenvalue weighted by Gasteiger charge is -2.08. The van der Waals surface area contributed by atoms with Gasteiger partial charge in [-0.3, -0.25) is 4.79 Å². The van der Waals surface area contributed by atoms with E-state index in [0.717, 1.165) is 26.0 Å². The predicted molar refractivity (Wildman–Crippen MR) is 86.9 cm³/mol. The maximum atomic E-state index is 12.3. The lowest BCUT2D eigenvalue weighted by atomic mass is 10.0. The minimum atomic E-state index is 0.0563. The smallest absolute Gasteiger partial charge is 0.258 e. The molecule has 0 saturated heterocycles. The fourth-order valence-electron chi connectivity index (χ4n) is 2.29. The summed E-state index contributed by atoms with van der Waals surface area (Å²) < 4.78 is 1.15. The van der Waals surface area contributed by atoms with E-state index < -0.39 is 0 Å². The number of fused-ring (bicyclic) bond motifs is 1. The number of hydrogen-bond acceptors (Lipinski definition) is 1. The van der Waals surface area contributed by atoms with Crippen LogP contribution in [0.2, 0.25) is 0 Å². The Hall–Kier alpha value is -1.62. The zero-order valence-electron chi connectivity index (χ0n) is 10.4. The molecular weight excluding hydrogens is 349 g/mol. The largest absolute Gasteiger partial charge is 0.311 e. The van der Waals surface area contributed by atoms with Crippen LogP contribution < -0.4 is 4.90 Å². The van der Waals surface area contributed by atoms with E-state index in [9.17, 15) is 4.79 Å². The molecule has 0 aromatic heterocycles. The minimum Gasteiger partial charge on any atom is -0.311 e. The Morgan fingerprint density at radius 3 is 2.53 bits per heavy atom. The topological polar surface area (TPSA) is 20.3 Å². The molecule has 19 heavy (non-hydrogen) atoms. The summed E-state index contributed by atoms with van der Waals surface area (Å²) in [5, 5.41) is 0. The van der Waals surface area contributed by atoms with Gasteiger partial charge in [0.15, 0.2) is 0 Å². The molecule has 0 bridgehead atoms. The van der Waals surface area contributed by atoms with E-state index >= 15 is 0 Å². The number of halogens is 1. The number of carbonyl (C=O) groups is 1. The fraction of sp³-hybridized carbons (Fsp3) is 0.0625. The maximum Gasteiger partial charge on any atom is 0.258 e. The van der Waals surface area contributed by atoms with Gasteiger partial charge < -0.3 is 4.90 Å². The SMILES string of the molecule is CN1C(=O)C(=Cc2ccccc2I)c2ccccc21. The van der Waals surface area contributed by atoms with Crippen LogP contribution in [0.5, 0.6) is 0 Å². The molecule has 0 N–H and O–H groups in total. The summed E-state index contributed by atoms with van der Waals surface area (Å²) in [6, 6.07) is 16.0. The molecule has 94 valence electrons. The summed E-state index contributed by atoms with van der Waals surface area (Å²) in [6.45, 7) is 0. The van der Waals surface area contributed by atoms with Crippen LogP contribution in [0.25, 0.3) is 11.6 Å². The van der Waals surface area contributed by atoms with Gasteiger partial charge in [0.1, 0.15) is 0 Å². The Morgan fingerprint density at radius 2 is 1.74 bits per heavy atom. The molecule has 3 rings (SSSR count). The van der Waals surface area contributed by atoms with Gasteiger partial charge in [0.05, 0.1) is 5.69 Å². The number of para-hydroxylation sites is 1. The number of anilines is 1. The monoisotopic (exact) mass is 361 g/mol. The van der Waals surface area contributed by atoms with E-state index in [2.05, 4.69) is 22.6 Å². The molecule has 0 aliphatic carbocycles. The van der Waals surface area contributed by atoms with Crippen LogP contribution in [-0.2, 0) is 4.79 Å². The van der Waals surface area contributed by atoms with Gasteiger partial charge >= 0.3 is 0 Å². The number of benzene rings is 2. The predicted octanol–water partition coefficient (Wildman–Crippen LogP) is 3.81. The van der Waals surface area contributed by atoms with Crippen LogP contribution in [-0.4, -0.2) is 13.0 Å². The quantitative estimate of drug-likeness (QED) is 0.559. The molecule has 1 aliphatic heterocycles. The molecule has 2 nitrogen and oxygen atoms in total. The Labute approximate surface area is 125 Å². The number of rotatable bonds is 1. The fourth-order valence-corrected chi connectivity index (χ4v) is 2.83. The molecule has 0 fully saturated rings. The molecule has 0 atom stereocenters. The molecule has 1 heterocycles. The van der Waals surface area contributed by atoms with Crippen molar-refractivity contribution in [3.05, 3.63) is 63.2 Å². The first-order chi connectivity index (χ1) is 9.18. The third kappa shape index (κ3) is 2.08. The van der Waals surface area contributed by atoms with Crippen LogP contribution >= 0.6 is 22.6 Å². The Kier molecular flexibility index (Phi) is 3.14. The van der Waals surface area contributed by atoms with E-state index in [1.807, 2.05) is 61.7 Å². The first-order valence-corrected chi connectivity index (χ1v) is 7.10. The minimum absolute atomic E-state index is 0.0563. The maximum absolute atomic E-state index is 12.3. The highest BCUT2D eigenvalue weighted by atomic mass is 127. The van der Waals surface area contributed by atoms with Crippen LogP contribution in [0, 0.1) is 3.57 Å². The Bertz CT molecular complexity index is 691. The molecule has 0 unspecified atom stereocenters. The van der Waals surface area contributed by atoms with Crippen molar-refractivity contribution in [1.29, 1.82) is 0 Å². The Balaban J connectivity index is 2.16. The molecule has 0 saturated carbocycles. The lowest BCUT2D eigenvalue weighted by molar-refractivity contribution is -0.112. The number of nitrogens with zero attached hydrogens (tertiary/aromatic N) is 1. The van der Waals surface area contributed by atoms with Crippen molar-refractivity contribution >= 4 is 45.8 Å². The number of carbonyl (C=O) groups excluding carboxylic acids is 1. The molecule has 1 aliphatic rings. The van der Waals surface area contributed by atoms with Gasteiger partial charge in [-0.05, 0) is 46.4 Å². The highest BCUT2D eigenvalue weighted by Gasteiger charge is 2.28. The summed E-state index contributed by atoms with van der Waals surface area (Å²) in [4.78, 5) is 14.0. The van der Waals surface area contributed by atoms with Crippen molar-refractivity contribution in [2.45, 2.75) is 0 Å². The molecular formula is C16H12INO. The first kappa shape index (κ1) is 12.4. The highest BCUT2D eigenvalue weighted by molar-refractivity contribution is 14.1. The van der Waals surface area contributed by atoms with Crippen LogP contribution in [0.1, 0.15) is 11.1 Å². The van der Waals surface area contributed by atoms with Crippen LogP contribution in [0.3, 0.4) is 0 Å². The highest BCUT2D eigenvalue weighted by Crippen LogP contribution is 2.36. The average molecular weight is 361 g/mol. The van der Waals surface area contributed by atoms with Crippen molar-refractivity contribution in [2.24, 2.45) is 0 Å². The van der Waals surface area contributed by atoms with Gasteiger partial charge in [-0.15, -0.1) is 0 Å². The molecule has 0 radical (unpaired) electrons. The van der Waals surface area contributed by atoms with E-state index in [-0.39, 0.29) is 5.91 Å². The summed E-state index contributed by atoms with van der Waals surface area (Å²) in [5.74, 6) is 0.0563. The summed E-state index contributed by atoms with van der Waals surface area (Å²) in [7, 11) is 1.82. The molecule has 2 aromatic carbocycles. The Morgan fingerprint density at radius 1 is 1.05 bits per heavy atom. The van der Waals surface area contributed by atoms with Gasteiger partial charge in [0, 0.05) is 21.8 Å². The van der Waals surface area contributed by atoms with Gasteiger partial charge in [-0.1, -0.05) is 36.4 Å². The molecule has 1 amide bonds. The van der Waals surface area contributed by atoms with Gasteiger partial charge in [0.25, 0.3) is 5.91 Å². The van der Waals surface area contributed by atoms with Crippen molar-refractivity contribution in [3.8, 4) is 0 Å². The number of amides is 1. The second-order valence-electron chi connectivity index (χ2n) is 4.46. The lowest BCUT2D eigenvalue weighted by Crippen LogP contribution is -2.20. The first-order valence-electron chi connectivity index (χ1n) is 6.02. The second-order valence-corrected chi connectivity index (χ2v) is 5.62. The van der Waals surface area contributed by atoms with Gasteiger partial charge in [0.2, 0.25) is 0 Å². The van der Waals surface area contributed by atoms with Crippen LogP contribution in [0.4, 0.5) is 5.69 Å². The zero-order valence-corrected chi connectivity index (χ0v) is 12.6. The number of hydrogen-bond donors (Lipinski definition) is 0. The number of likely N-dealkylation sites (N-methyl/N-ethyl adjacent to an activating group) is 1. The normalized spacial score (nSPS) is 16.0. The van der Waals surface area contributed by atoms with E-state index in [1.165, 1.54) is 0 Å². The van der Waals surface area contributed by atoms with Crippen molar-refractivity contribution < 1.29 is 4.79 Å². The summed E-state index contributed by atoms with van der Waals surface area (Å²) in [6.07, 6.45) is 1.98. The second kappa shape index (κ2) is 4.81. The van der Waals surface area contributed by atoms with E-state index in [0.29, 0.717) is 0 Å². The van der Waals surface area contributed by atoms with Crippen molar-refractivity contribution in [1.82, 2.24) is 0 Å². The third-order valence-electron chi connectivity index (χ3n) is 3.30. The summed E-state index contributed by atoms with van der Waals surface area (Å²) in [5.41, 5.74) is 3.83. The van der Waals surface area contributed by atoms with E-state index in [4.69, 9.17) is 0 Å². The van der Waals surface area contributed by atoms with E-state index in [1.54, 1.807) is 4.90 Å². The van der Waals surface area contributed by atoms with Crippen molar-refractivity contribution in [3.63, 3.8) is 0 Å². The van der Waals surface area contributed by atoms with Crippen molar-refractivity contribution in [2.75, 3.05) is 11.9 Å². The average Bonchev–Trinajstić information content (AvgIpc) is 2.67. The van der Waals surface area contributed by atoms with Gasteiger partial charge in [-0.2, -0.15) is 0 Å². The van der Waals surface area contributed by atoms with Crippen LogP contribution in [0.15, 0.2) is 48.5 Å². The molecule has 0 spiro atoms.